The molecule has 138 valence electrons. The molecule has 0 unspecified atom stereocenters. The van der Waals surface area contributed by atoms with E-state index in [1.165, 1.54) is 48.5 Å². The lowest BCUT2D eigenvalue weighted by molar-refractivity contribution is -0.0800. The third-order valence-electron chi connectivity index (χ3n) is 3.14. The first-order chi connectivity index (χ1) is 12.1. The maximum absolute atomic E-state index is 12.8. The summed E-state index contributed by atoms with van der Waals surface area (Å²) in [5, 5.41) is 0. The van der Waals surface area contributed by atoms with Crippen molar-refractivity contribution >= 4 is 23.0 Å². The Morgan fingerprint density at radius 1 is 0.654 bits per heavy atom. The van der Waals surface area contributed by atoms with Gasteiger partial charge in [-0.15, -0.1) is 0 Å². The molecule has 0 saturated carbocycles. The fraction of sp³-hybridized carbons (Fsp3) is 0.111. The molecule has 0 spiro atoms. The molecule has 0 aliphatic carbocycles. The highest BCUT2D eigenvalue weighted by Crippen LogP contribution is 2.27. The van der Waals surface area contributed by atoms with Crippen molar-refractivity contribution in [3.05, 3.63) is 71.8 Å². The molecular weight excluding hydrogens is 378 g/mol. The highest BCUT2D eigenvalue weighted by atomic mass is 32.2. The Kier molecular flexibility index (Phi) is 6.07. The average Bonchev–Trinajstić information content (AvgIpc) is 2.57. The number of halogens is 6. The van der Waals surface area contributed by atoms with Crippen molar-refractivity contribution in [2.45, 2.75) is 22.1 Å². The minimum absolute atomic E-state index is 0.0124. The van der Waals surface area contributed by atoms with Gasteiger partial charge in [0.1, 0.15) is 0 Å². The molecule has 0 amide bonds. The van der Waals surface area contributed by atoms with Crippen molar-refractivity contribution in [3.8, 4) is 0 Å². The van der Waals surface area contributed by atoms with E-state index in [1.807, 2.05) is 0 Å². The van der Waals surface area contributed by atoms with Crippen molar-refractivity contribution in [3.63, 3.8) is 0 Å². The van der Waals surface area contributed by atoms with Crippen LogP contribution in [0.15, 0.2) is 70.5 Å². The summed E-state index contributed by atoms with van der Waals surface area (Å²) in [5.41, 5.74) is 0.135. The van der Waals surface area contributed by atoms with Gasteiger partial charge in [-0.1, -0.05) is 36.4 Å². The van der Waals surface area contributed by atoms with Crippen molar-refractivity contribution in [1.29, 1.82) is 0 Å². The molecule has 2 aromatic rings. The first kappa shape index (κ1) is 20.0. The van der Waals surface area contributed by atoms with E-state index in [2.05, 4.69) is 0 Å². The van der Waals surface area contributed by atoms with Gasteiger partial charge in [0.15, 0.2) is 0 Å². The molecule has 8 heteroatoms. The van der Waals surface area contributed by atoms with E-state index < -0.39 is 23.2 Å². The molecule has 0 atom stereocenters. The summed E-state index contributed by atoms with van der Waals surface area (Å²) in [6.07, 6.45) is -7.50. The van der Waals surface area contributed by atoms with Gasteiger partial charge < -0.3 is 0 Å². The third-order valence-corrected chi connectivity index (χ3v) is 4.68. The Labute approximate surface area is 148 Å². The van der Waals surface area contributed by atoms with Crippen LogP contribution in [0.3, 0.4) is 0 Å². The Morgan fingerprint density at radius 3 is 1.35 bits per heavy atom. The van der Waals surface area contributed by atoms with Crippen LogP contribution in [0.25, 0.3) is 12.2 Å². The molecule has 0 heterocycles. The number of rotatable bonds is 4. The van der Waals surface area contributed by atoms with Gasteiger partial charge in [-0.3, -0.25) is 0 Å². The largest absolute Gasteiger partial charge is 0.409 e. The van der Waals surface area contributed by atoms with Gasteiger partial charge >= 0.3 is 12.4 Å². The summed E-state index contributed by atoms with van der Waals surface area (Å²) in [6.45, 7) is 0. The topological polar surface area (TPSA) is 17.1 Å². The van der Waals surface area contributed by atoms with Crippen LogP contribution in [-0.4, -0.2) is 16.6 Å². The van der Waals surface area contributed by atoms with Crippen LogP contribution in [0.4, 0.5) is 26.3 Å². The monoisotopic (exact) mass is 390 g/mol. The zero-order valence-electron chi connectivity index (χ0n) is 13.0. The summed E-state index contributed by atoms with van der Waals surface area (Å²) in [4.78, 5) is 0.140. The van der Waals surface area contributed by atoms with Gasteiger partial charge in [-0.25, -0.2) is 4.21 Å². The molecule has 2 aromatic carbocycles. The fourth-order valence-corrected chi connectivity index (χ4v) is 3.40. The Balaban J connectivity index is 2.46. The second-order valence-corrected chi connectivity index (χ2v) is 6.51. The molecule has 2 rings (SSSR count). The van der Waals surface area contributed by atoms with Crippen molar-refractivity contribution < 1.29 is 30.6 Å². The second-order valence-electron chi connectivity index (χ2n) is 5.09. The van der Waals surface area contributed by atoms with E-state index >= 15 is 0 Å². The SMILES string of the molecule is O=S(c1ccccc1C=CC(F)(F)F)c1ccccc1C=CC(F)(F)F. The minimum atomic E-state index is -4.54. The molecule has 26 heavy (non-hydrogen) atoms. The van der Waals surface area contributed by atoms with Gasteiger partial charge in [-0.05, 0) is 35.4 Å². The van der Waals surface area contributed by atoms with Crippen LogP contribution in [0, 0.1) is 0 Å². The fourth-order valence-electron chi connectivity index (χ4n) is 2.06. The van der Waals surface area contributed by atoms with Crippen LogP contribution >= 0.6 is 0 Å². The highest BCUT2D eigenvalue weighted by molar-refractivity contribution is 7.85. The predicted molar refractivity (Wildman–Crippen MR) is 87.7 cm³/mol. The Hall–Kier alpha value is -2.35. The third kappa shape index (κ3) is 5.87. The molecule has 0 aliphatic heterocycles. The van der Waals surface area contributed by atoms with Crippen molar-refractivity contribution in [2.75, 3.05) is 0 Å². The van der Waals surface area contributed by atoms with Crippen LogP contribution in [-0.2, 0) is 10.8 Å². The first-order valence-electron chi connectivity index (χ1n) is 7.18. The molecule has 1 nitrogen and oxygen atoms in total. The first-order valence-corrected chi connectivity index (χ1v) is 8.33. The van der Waals surface area contributed by atoms with E-state index in [-0.39, 0.29) is 33.1 Å². The number of alkyl halides is 6. The van der Waals surface area contributed by atoms with E-state index in [4.69, 9.17) is 0 Å². The van der Waals surface area contributed by atoms with Crippen LogP contribution in [0.5, 0.6) is 0 Å². The van der Waals surface area contributed by atoms with E-state index in [0.717, 1.165) is 12.2 Å². The van der Waals surface area contributed by atoms with Gasteiger partial charge in [0.25, 0.3) is 0 Å². The van der Waals surface area contributed by atoms with Gasteiger partial charge in [0, 0.05) is 12.2 Å². The molecular formula is C18H12F6OS. The second kappa shape index (κ2) is 7.90. The van der Waals surface area contributed by atoms with E-state index in [1.54, 1.807) is 0 Å². The van der Waals surface area contributed by atoms with Crippen molar-refractivity contribution in [1.82, 2.24) is 0 Å². The van der Waals surface area contributed by atoms with Crippen LogP contribution in [0.1, 0.15) is 11.1 Å². The Bertz CT molecular complexity index is 780. The molecule has 0 bridgehead atoms. The smallest absolute Gasteiger partial charge is 0.249 e. The lowest BCUT2D eigenvalue weighted by atomic mass is 10.2. The quantitative estimate of drug-likeness (QED) is 0.585. The van der Waals surface area contributed by atoms with Gasteiger partial charge in [-0.2, -0.15) is 26.3 Å². The van der Waals surface area contributed by atoms with Crippen molar-refractivity contribution in [2.24, 2.45) is 0 Å². The van der Waals surface area contributed by atoms with Gasteiger partial charge in [0.05, 0.1) is 20.6 Å². The summed E-state index contributed by atoms with van der Waals surface area (Å²) in [5.74, 6) is 0. The molecule has 0 aliphatic rings. The van der Waals surface area contributed by atoms with Crippen LogP contribution < -0.4 is 0 Å². The standard InChI is InChI=1S/C18H12F6OS/c19-17(20,21)11-9-13-5-1-3-7-15(13)26(25)16-8-4-2-6-14(16)10-12-18(22,23)24/h1-12H. The maximum atomic E-state index is 12.8. The molecule has 0 fully saturated rings. The number of allylic oxidation sites excluding steroid dienone is 2. The average molecular weight is 390 g/mol. The zero-order valence-corrected chi connectivity index (χ0v) is 13.8. The summed E-state index contributed by atoms with van der Waals surface area (Å²) in [6, 6.07) is 11.4. The highest BCUT2D eigenvalue weighted by Gasteiger charge is 2.24. The normalized spacial score (nSPS) is 14.2. The maximum Gasteiger partial charge on any atom is 0.409 e. The molecule has 0 radical (unpaired) electrons. The van der Waals surface area contributed by atoms with Gasteiger partial charge in [0.2, 0.25) is 0 Å². The number of benzene rings is 2. The molecule has 0 N–H and O–H groups in total. The zero-order chi connectivity index (χ0) is 19.4. The summed E-state index contributed by atoms with van der Waals surface area (Å²) in [7, 11) is -1.96. The molecule has 0 aromatic heterocycles. The number of hydrogen-bond donors (Lipinski definition) is 0. The Morgan fingerprint density at radius 2 is 1.00 bits per heavy atom. The van der Waals surface area contributed by atoms with Crippen LogP contribution in [0.2, 0.25) is 0 Å². The molecule has 0 saturated heterocycles. The summed E-state index contributed by atoms with van der Waals surface area (Å²) < 4.78 is 87.2. The predicted octanol–water partition coefficient (Wildman–Crippen LogP) is 6.00. The van der Waals surface area contributed by atoms with E-state index in [9.17, 15) is 30.6 Å². The summed E-state index contributed by atoms with van der Waals surface area (Å²) >= 11 is 0. The number of hydrogen-bond acceptors (Lipinski definition) is 1. The lowest BCUT2D eigenvalue weighted by Crippen LogP contribution is -2.03. The van der Waals surface area contributed by atoms with E-state index in [0.29, 0.717) is 0 Å². The minimum Gasteiger partial charge on any atom is -0.249 e. The lowest BCUT2D eigenvalue weighted by Gasteiger charge is -2.10.